The van der Waals surface area contributed by atoms with E-state index in [1.807, 2.05) is 24.3 Å². The third kappa shape index (κ3) is 4.89. The fraction of sp³-hybridized carbons (Fsp3) is 0.480. The van der Waals surface area contributed by atoms with Crippen LogP contribution in [0.1, 0.15) is 63.5 Å². The number of amides is 2. The standard InChI is InChI=1S/C25H32N2O4/c1-4-5-6-9-18(19-11-8-13-21-23(19)30-16-29-21)15-26-24(28)27-20-12-7-10-17-14-25(2,3)31-22(17)20/h7-8,10-13,18H,4-6,9,14-16H2,1-3H3,(H2,26,27,28)/t18-/m0/s1. The molecule has 2 heterocycles. The summed E-state index contributed by atoms with van der Waals surface area (Å²) in [6, 6.07) is 11.6. The third-order valence-electron chi connectivity index (χ3n) is 5.87. The minimum Gasteiger partial charge on any atom is -0.485 e. The summed E-state index contributed by atoms with van der Waals surface area (Å²) in [7, 11) is 0. The van der Waals surface area contributed by atoms with Gasteiger partial charge in [0.05, 0.1) is 5.69 Å². The Labute approximate surface area is 184 Å². The second-order valence-corrected chi connectivity index (χ2v) is 8.94. The van der Waals surface area contributed by atoms with Gasteiger partial charge in [-0.2, -0.15) is 0 Å². The number of rotatable bonds is 8. The van der Waals surface area contributed by atoms with Crippen LogP contribution in [0.2, 0.25) is 0 Å². The molecule has 0 radical (unpaired) electrons. The van der Waals surface area contributed by atoms with E-state index in [1.54, 1.807) is 0 Å². The van der Waals surface area contributed by atoms with E-state index in [1.165, 1.54) is 6.42 Å². The second-order valence-electron chi connectivity index (χ2n) is 8.94. The molecular formula is C25H32N2O4. The fourth-order valence-corrected chi connectivity index (χ4v) is 4.38. The van der Waals surface area contributed by atoms with Crippen molar-refractivity contribution in [2.75, 3.05) is 18.7 Å². The molecule has 2 amide bonds. The van der Waals surface area contributed by atoms with Gasteiger partial charge in [-0.25, -0.2) is 4.79 Å². The highest BCUT2D eigenvalue weighted by atomic mass is 16.7. The van der Waals surface area contributed by atoms with Gasteiger partial charge in [-0.3, -0.25) is 0 Å². The summed E-state index contributed by atoms with van der Waals surface area (Å²) < 4.78 is 17.3. The normalized spacial score (nSPS) is 16.4. The van der Waals surface area contributed by atoms with Crippen molar-refractivity contribution in [1.82, 2.24) is 5.32 Å². The number of nitrogens with one attached hydrogen (secondary N) is 2. The van der Waals surface area contributed by atoms with Crippen LogP contribution < -0.4 is 24.8 Å². The minimum absolute atomic E-state index is 0.158. The molecule has 0 aliphatic carbocycles. The maximum atomic E-state index is 12.7. The molecule has 2 N–H and O–H groups in total. The predicted octanol–water partition coefficient (Wildman–Crippen LogP) is 5.61. The number of hydrogen-bond acceptors (Lipinski definition) is 4. The molecule has 0 spiro atoms. The Bertz CT molecular complexity index is 941. The van der Waals surface area contributed by atoms with E-state index < -0.39 is 0 Å². The Balaban J connectivity index is 1.43. The van der Waals surface area contributed by atoms with Crippen LogP contribution in [0.5, 0.6) is 17.2 Å². The molecule has 166 valence electrons. The van der Waals surface area contributed by atoms with Crippen LogP contribution in [0.3, 0.4) is 0 Å². The maximum absolute atomic E-state index is 12.7. The molecule has 2 aliphatic heterocycles. The van der Waals surface area contributed by atoms with Crippen molar-refractivity contribution >= 4 is 11.7 Å². The highest BCUT2D eigenvalue weighted by Crippen LogP contribution is 2.41. The fourth-order valence-electron chi connectivity index (χ4n) is 4.38. The van der Waals surface area contributed by atoms with Gasteiger partial charge in [-0.1, -0.05) is 50.5 Å². The van der Waals surface area contributed by atoms with E-state index in [4.69, 9.17) is 14.2 Å². The average molecular weight is 425 g/mol. The smallest absolute Gasteiger partial charge is 0.319 e. The zero-order chi connectivity index (χ0) is 21.8. The van der Waals surface area contributed by atoms with Gasteiger partial charge in [0.25, 0.3) is 0 Å². The Hall–Kier alpha value is -2.89. The Kier molecular flexibility index (Phi) is 6.25. The Morgan fingerprint density at radius 2 is 1.94 bits per heavy atom. The first kappa shape index (κ1) is 21.3. The van der Waals surface area contributed by atoms with Crippen molar-refractivity contribution in [3.05, 3.63) is 47.5 Å². The highest BCUT2D eigenvalue weighted by Gasteiger charge is 2.32. The Morgan fingerprint density at radius 1 is 1.10 bits per heavy atom. The van der Waals surface area contributed by atoms with Crippen LogP contribution in [-0.2, 0) is 6.42 Å². The lowest BCUT2D eigenvalue weighted by molar-refractivity contribution is 0.139. The van der Waals surface area contributed by atoms with Crippen LogP contribution in [0, 0.1) is 0 Å². The topological polar surface area (TPSA) is 68.8 Å². The van der Waals surface area contributed by atoms with E-state index in [-0.39, 0.29) is 24.3 Å². The van der Waals surface area contributed by atoms with Crippen LogP contribution in [0.4, 0.5) is 10.5 Å². The summed E-state index contributed by atoms with van der Waals surface area (Å²) in [5.41, 5.74) is 2.67. The van der Waals surface area contributed by atoms with Crippen LogP contribution in [0.15, 0.2) is 36.4 Å². The SMILES string of the molecule is CCCCC[C@@H](CNC(=O)Nc1cccc2c1OC(C)(C)C2)c1cccc2c1OCO2. The van der Waals surface area contributed by atoms with Gasteiger partial charge >= 0.3 is 6.03 Å². The van der Waals surface area contributed by atoms with E-state index in [2.05, 4.69) is 43.5 Å². The quantitative estimate of drug-likeness (QED) is 0.540. The van der Waals surface area contributed by atoms with Crippen molar-refractivity contribution in [1.29, 1.82) is 0 Å². The molecule has 1 atom stereocenters. The lowest BCUT2D eigenvalue weighted by atomic mass is 9.92. The largest absolute Gasteiger partial charge is 0.485 e. The van der Waals surface area contributed by atoms with Gasteiger partial charge < -0.3 is 24.8 Å². The number of unbranched alkanes of at least 4 members (excludes halogenated alkanes) is 2. The lowest BCUT2D eigenvalue weighted by Gasteiger charge is -2.21. The summed E-state index contributed by atoms with van der Waals surface area (Å²) in [5.74, 6) is 2.52. The minimum atomic E-state index is -0.253. The number of fused-ring (bicyclic) bond motifs is 2. The average Bonchev–Trinajstić information content (AvgIpc) is 3.34. The molecular weight excluding hydrogens is 392 g/mol. The van der Waals surface area contributed by atoms with E-state index >= 15 is 0 Å². The number of benzene rings is 2. The van der Waals surface area contributed by atoms with Gasteiger partial charge in [0.15, 0.2) is 11.5 Å². The molecule has 2 aromatic carbocycles. The van der Waals surface area contributed by atoms with Crippen LogP contribution in [0.25, 0.3) is 0 Å². The van der Waals surface area contributed by atoms with Gasteiger partial charge in [-0.05, 0) is 32.4 Å². The Morgan fingerprint density at radius 3 is 2.77 bits per heavy atom. The van der Waals surface area contributed by atoms with Crippen LogP contribution in [-0.4, -0.2) is 25.0 Å². The molecule has 31 heavy (non-hydrogen) atoms. The van der Waals surface area contributed by atoms with Gasteiger partial charge in [0.1, 0.15) is 11.4 Å². The van der Waals surface area contributed by atoms with Crippen molar-refractivity contribution in [3.63, 3.8) is 0 Å². The molecule has 0 unspecified atom stereocenters. The van der Waals surface area contributed by atoms with Crippen molar-refractivity contribution in [3.8, 4) is 17.2 Å². The number of carbonyl (C=O) groups excluding carboxylic acids is 1. The van der Waals surface area contributed by atoms with Gasteiger partial charge in [0, 0.05) is 30.0 Å². The summed E-state index contributed by atoms with van der Waals surface area (Å²) in [4.78, 5) is 12.7. The monoisotopic (exact) mass is 424 g/mol. The van der Waals surface area contributed by atoms with Gasteiger partial charge in [0.2, 0.25) is 6.79 Å². The summed E-state index contributed by atoms with van der Waals surface area (Å²) >= 11 is 0. The van der Waals surface area contributed by atoms with Crippen molar-refractivity contribution < 1.29 is 19.0 Å². The van der Waals surface area contributed by atoms with E-state index in [9.17, 15) is 4.79 Å². The zero-order valence-electron chi connectivity index (χ0n) is 18.6. The van der Waals surface area contributed by atoms with Crippen LogP contribution >= 0.6 is 0 Å². The second kappa shape index (κ2) is 9.08. The number of anilines is 1. The number of urea groups is 1. The predicted molar refractivity (Wildman–Crippen MR) is 121 cm³/mol. The summed E-state index contributed by atoms with van der Waals surface area (Å²) in [6.45, 7) is 7.08. The molecule has 4 rings (SSSR count). The summed E-state index contributed by atoms with van der Waals surface area (Å²) in [6.07, 6.45) is 5.23. The third-order valence-corrected chi connectivity index (χ3v) is 5.87. The maximum Gasteiger partial charge on any atom is 0.319 e. The van der Waals surface area contributed by atoms with Crippen molar-refractivity contribution in [2.45, 2.75) is 64.4 Å². The highest BCUT2D eigenvalue weighted by molar-refractivity contribution is 5.91. The first-order chi connectivity index (χ1) is 15.0. The molecule has 6 nitrogen and oxygen atoms in total. The molecule has 0 fully saturated rings. The van der Waals surface area contributed by atoms with Gasteiger partial charge in [-0.15, -0.1) is 0 Å². The first-order valence-electron chi connectivity index (χ1n) is 11.2. The molecule has 0 aromatic heterocycles. The van der Waals surface area contributed by atoms with Crippen molar-refractivity contribution in [2.24, 2.45) is 0 Å². The van der Waals surface area contributed by atoms with E-state index in [0.717, 1.165) is 54.1 Å². The molecule has 0 saturated carbocycles. The molecule has 0 bridgehead atoms. The zero-order valence-corrected chi connectivity index (χ0v) is 18.6. The molecule has 0 saturated heterocycles. The van der Waals surface area contributed by atoms with E-state index in [0.29, 0.717) is 12.2 Å². The molecule has 6 heteroatoms. The first-order valence-corrected chi connectivity index (χ1v) is 11.2. The molecule has 2 aromatic rings. The molecule has 2 aliphatic rings. The number of para-hydroxylation sites is 2. The number of hydrogen-bond donors (Lipinski definition) is 2. The number of carbonyl (C=O) groups is 1. The summed E-state index contributed by atoms with van der Waals surface area (Å²) in [5, 5.41) is 6.03. The lowest BCUT2D eigenvalue weighted by Crippen LogP contribution is -2.32. The number of ether oxygens (including phenoxy) is 3.